The fourth-order valence-corrected chi connectivity index (χ4v) is 2.34. The molecule has 0 saturated carbocycles. The first-order valence-electron chi connectivity index (χ1n) is 4.11. The summed E-state index contributed by atoms with van der Waals surface area (Å²) in [6.07, 6.45) is -5.90. The van der Waals surface area contributed by atoms with Crippen molar-refractivity contribution < 1.29 is 52.1 Å². The van der Waals surface area contributed by atoms with Gasteiger partial charge in [-0.1, -0.05) is 0 Å². The van der Waals surface area contributed by atoms with Gasteiger partial charge in [-0.15, -0.1) is 0 Å². The molecule has 1 atom stereocenters. The molecule has 114 valence electrons. The molecule has 1 heterocycles. The molecule has 0 aliphatic carbocycles. The van der Waals surface area contributed by atoms with Crippen LogP contribution in [0.1, 0.15) is 6.92 Å². The lowest BCUT2D eigenvalue weighted by Crippen LogP contribution is -2.78. The minimum Gasteiger partial charge on any atom is -0.206 e. The van der Waals surface area contributed by atoms with Crippen LogP contribution in [0.2, 0.25) is 0 Å². The molecule has 1 unspecified atom stereocenters. The summed E-state index contributed by atoms with van der Waals surface area (Å²) in [4.78, 5) is 0. The molecule has 0 aromatic heterocycles. The predicted octanol–water partition coefficient (Wildman–Crippen LogP) is 2.53. The first kappa shape index (κ1) is 16.3. The second kappa shape index (κ2) is 3.48. The third-order valence-electron chi connectivity index (χ3n) is 2.28. The van der Waals surface area contributed by atoms with Crippen molar-refractivity contribution in [2.75, 3.05) is 0 Å². The molecule has 1 aliphatic rings. The van der Waals surface area contributed by atoms with Gasteiger partial charge >= 0.3 is 39.0 Å². The summed E-state index contributed by atoms with van der Waals surface area (Å²) in [5, 5.41) is -6.30. The van der Waals surface area contributed by atoms with Crippen molar-refractivity contribution in [3.63, 3.8) is 0 Å². The summed E-state index contributed by atoms with van der Waals surface area (Å²) in [6, 6.07) is 0. The first-order valence-corrected chi connectivity index (χ1v) is 5.52. The normalized spacial score (nSPS) is 30.8. The van der Waals surface area contributed by atoms with Gasteiger partial charge in [-0.05, 0) is 0 Å². The fourth-order valence-electron chi connectivity index (χ4n) is 1.18. The van der Waals surface area contributed by atoms with Crippen LogP contribution in [0.5, 0.6) is 0 Å². The van der Waals surface area contributed by atoms with Gasteiger partial charge in [-0.25, -0.2) is 4.39 Å². The van der Waals surface area contributed by atoms with E-state index in [-0.39, 0.29) is 0 Å². The van der Waals surface area contributed by atoms with Gasteiger partial charge in [0.05, 0.1) is 0 Å². The molecule has 1 rings (SSSR count). The summed E-state index contributed by atoms with van der Waals surface area (Å²) in [5.41, 5.74) is 0. The van der Waals surface area contributed by atoms with Crippen LogP contribution in [-0.4, -0.2) is 37.3 Å². The summed E-state index contributed by atoms with van der Waals surface area (Å²) in [6.45, 7) is -0.811. The molecule has 0 radical (unpaired) electrons. The zero-order valence-corrected chi connectivity index (χ0v) is 9.35. The Hall–Kier alpha value is -0.720. The number of hydrogen-bond donors (Lipinski definition) is 0. The minimum atomic E-state index is -6.93. The van der Waals surface area contributed by atoms with Gasteiger partial charge in [0, 0.05) is 6.92 Å². The Balaban J connectivity index is 3.51. The van der Waals surface area contributed by atoms with Crippen molar-refractivity contribution in [1.29, 1.82) is 0 Å². The van der Waals surface area contributed by atoms with Crippen molar-refractivity contribution in [1.82, 2.24) is 0 Å². The minimum absolute atomic E-state index is 0.811. The van der Waals surface area contributed by atoms with Crippen LogP contribution in [0.25, 0.3) is 0 Å². The molecule has 1 aliphatic heterocycles. The Morgan fingerprint density at radius 2 is 1.32 bits per heavy atom. The zero-order valence-electron chi connectivity index (χ0n) is 8.53. The van der Waals surface area contributed by atoms with Crippen LogP contribution >= 0.6 is 0 Å². The van der Waals surface area contributed by atoms with Gasteiger partial charge in [-0.3, -0.25) is 0 Å². The third kappa shape index (κ3) is 1.60. The summed E-state index contributed by atoms with van der Waals surface area (Å²) >= 11 is 0. The van der Waals surface area contributed by atoms with E-state index in [1.54, 1.807) is 0 Å². The zero-order chi connectivity index (χ0) is 15.7. The highest BCUT2D eigenvalue weighted by atomic mass is 32.2. The molecule has 0 N–H and O–H groups in total. The molecule has 0 bridgehead atoms. The monoisotopic (exact) mass is 326 g/mol. The number of halogens is 9. The van der Waals surface area contributed by atoms with Crippen molar-refractivity contribution >= 4 is 10.1 Å². The highest BCUT2D eigenvalue weighted by molar-refractivity contribution is 7.89. The lowest BCUT2D eigenvalue weighted by atomic mass is 10.00. The average Bonchev–Trinajstić information content (AvgIpc) is 2.11. The van der Waals surface area contributed by atoms with Gasteiger partial charge in [0.15, 0.2) is 0 Å². The average molecular weight is 326 g/mol. The van der Waals surface area contributed by atoms with E-state index in [1.807, 2.05) is 0 Å². The number of hydrogen-bond acceptors (Lipinski definition) is 3. The van der Waals surface area contributed by atoms with Gasteiger partial charge in [0.2, 0.25) is 0 Å². The lowest BCUT2D eigenvalue weighted by Gasteiger charge is -2.46. The Morgan fingerprint density at radius 1 is 0.947 bits per heavy atom. The van der Waals surface area contributed by atoms with Crippen molar-refractivity contribution in [2.24, 2.45) is 0 Å². The summed E-state index contributed by atoms with van der Waals surface area (Å²) in [7, 11) is -6.51. The smallest absolute Gasteiger partial charge is 0.206 e. The maximum absolute atomic E-state index is 13.2. The van der Waals surface area contributed by atoms with Crippen LogP contribution in [0.3, 0.4) is 0 Å². The second-order valence-corrected chi connectivity index (χ2v) is 5.32. The highest BCUT2D eigenvalue weighted by Crippen LogP contribution is 2.63. The maximum Gasteiger partial charge on any atom is 0.427 e. The van der Waals surface area contributed by atoms with Crippen molar-refractivity contribution in [2.45, 2.75) is 35.8 Å². The standard InChI is InChI=1S/C6H3F9O3S/c1-2(7,8)3(9,10)4(11,12)5(13)6(14,15)18-19(5,16)17/h1H3. The van der Waals surface area contributed by atoms with Crippen molar-refractivity contribution in [3.05, 3.63) is 0 Å². The van der Waals surface area contributed by atoms with E-state index in [0.29, 0.717) is 0 Å². The van der Waals surface area contributed by atoms with Crippen LogP contribution < -0.4 is 0 Å². The fraction of sp³-hybridized carbons (Fsp3) is 1.00. The van der Waals surface area contributed by atoms with Gasteiger partial charge in [0.1, 0.15) is 0 Å². The third-order valence-corrected chi connectivity index (χ3v) is 3.89. The number of rotatable bonds is 3. The first-order chi connectivity index (χ1) is 7.96. The Labute approximate surface area is 99.0 Å². The molecule has 3 nitrogen and oxygen atoms in total. The second-order valence-electron chi connectivity index (χ2n) is 3.69. The van der Waals surface area contributed by atoms with E-state index in [4.69, 9.17) is 0 Å². The van der Waals surface area contributed by atoms with Crippen LogP contribution in [-0.2, 0) is 14.3 Å². The molecule has 0 spiro atoms. The van der Waals surface area contributed by atoms with E-state index >= 15 is 0 Å². The van der Waals surface area contributed by atoms with Crippen LogP contribution in [0.4, 0.5) is 39.5 Å². The van der Waals surface area contributed by atoms with Gasteiger partial charge < -0.3 is 0 Å². The summed E-state index contributed by atoms with van der Waals surface area (Å²) in [5.74, 6) is -19.3. The predicted molar refractivity (Wildman–Crippen MR) is 39.3 cm³/mol. The highest BCUT2D eigenvalue weighted by Gasteiger charge is 2.96. The molecule has 0 aromatic rings. The molecule has 1 saturated heterocycles. The van der Waals surface area contributed by atoms with E-state index in [2.05, 4.69) is 4.18 Å². The Bertz CT molecular complexity index is 493. The van der Waals surface area contributed by atoms with E-state index in [0.717, 1.165) is 0 Å². The molecular weight excluding hydrogens is 323 g/mol. The van der Waals surface area contributed by atoms with Crippen molar-refractivity contribution in [3.8, 4) is 0 Å². The molecule has 0 aromatic carbocycles. The Morgan fingerprint density at radius 3 is 1.53 bits per heavy atom. The largest absolute Gasteiger partial charge is 0.427 e. The molecule has 13 heteroatoms. The SMILES string of the molecule is CC(F)(F)C(F)(F)C(F)(F)C1(F)C(F)(F)OS1(=O)=O. The maximum atomic E-state index is 13.2. The topological polar surface area (TPSA) is 43.4 Å². The molecular formula is C6H3F9O3S. The van der Waals surface area contributed by atoms with E-state index in [9.17, 15) is 47.9 Å². The molecule has 0 amide bonds. The number of alkyl halides is 9. The quantitative estimate of drug-likeness (QED) is 0.591. The van der Waals surface area contributed by atoms with Crippen LogP contribution in [0.15, 0.2) is 0 Å². The Kier molecular flexibility index (Phi) is 2.99. The van der Waals surface area contributed by atoms with Gasteiger partial charge in [-0.2, -0.15) is 47.7 Å². The molecule has 19 heavy (non-hydrogen) atoms. The molecule has 1 fully saturated rings. The summed E-state index contributed by atoms with van der Waals surface area (Å²) < 4.78 is 137. The lowest BCUT2D eigenvalue weighted by molar-refractivity contribution is -0.393. The van der Waals surface area contributed by atoms with Gasteiger partial charge in [0.25, 0.3) is 0 Å². The van der Waals surface area contributed by atoms with E-state index in [1.165, 1.54) is 0 Å². The van der Waals surface area contributed by atoms with Crippen LogP contribution in [0, 0.1) is 0 Å². The van der Waals surface area contributed by atoms with E-state index < -0.39 is 45.9 Å².